The highest BCUT2D eigenvalue weighted by atomic mass is 35.5. The van der Waals surface area contributed by atoms with Crippen LogP contribution in [0.4, 0.5) is 0 Å². The molecule has 0 radical (unpaired) electrons. The molecular formula is C34H41Cl2N3O5. The summed E-state index contributed by atoms with van der Waals surface area (Å²) in [6.45, 7) is 3.56. The summed E-state index contributed by atoms with van der Waals surface area (Å²) >= 11 is 6.47. The van der Waals surface area contributed by atoms with Gasteiger partial charge in [-0.1, -0.05) is 54.1 Å². The molecule has 0 bridgehead atoms. The van der Waals surface area contributed by atoms with Crippen LogP contribution in [0.25, 0.3) is 0 Å². The molecule has 0 spiro atoms. The van der Waals surface area contributed by atoms with Crippen LogP contribution in [0.2, 0.25) is 5.02 Å². The van der Waals surface area contributed by atoms with Gasteiger partial charge in [0.05, 0.1) is 26.7 Å². The third-order valence-corrected chi connectivity index (χ3v) is 9.64. The van der Waals surface area contributed by atoms with Crippen molar-refractivity contribution in [1.82, 2.24) is 9.80 Å². The third kappa shape index (κ3) is 6.48. The highest BCUT2D eigenvalue weighted by molar-refractivity contribution is 6.30. The zero-order valence-electron chi connectivity index (χ0n) is 25.5. The summed E-state index contributed by atoms with van der Waals surface area (Å²) in [5, 5.41) is 0.679. The predicted octanol–water partition coefficient (Wildman–Crippen LogP) is 5.48. The first-order chi connectivity index (χ1) is 20.7. The van der Waals surface area contributed by atoms with Gasteiger partial charge in [0.15, 0.2) is 11.5 Å². The fourth-order valence-electron chi connectivity index (χ4n) is 6.80. The number of nitrogens with two attached hydrogens (primary N) is 1. The zero-order valence-corrected chi connectivity index (χ0v) is 27.1. The van der Waals surface area contributed by atoms with E-state index in [2.05, 4.69) is 11.0 Å². The van der Waals surface area contributed by atoms with Gasteiger partial charge in [-0.15, -0.1) is 12.4 Å². The Morgan fingerprint density at radius 3 is 2.05 bits per heavy atom. The van der Waals surface area contributed by atoms with Gasteiger partial charge in [-0.05, 0) is 80.7 Å². The van der Waals surface area contributed by atoms with Crippen molar-refractivity contribution >= 4 is 35.8 Å². The summed E-state index contributed by atoms with van der Waals surface area (Å²) in [5.74, 6) is 0.988. The fraction of sp³-hybridized carbons (Fsp3) is 0.412. The Kier molecular flexibility index (Phi) is 10.7. The molecule has 2 fully saturated rings. The van der Waals surface area contributed by atoms with Gasteiger partial charge in [0.25, 0.3) is 5.91 Å². The van der Waals surface area contributed by atoms with Gasteiger partial charge in [0.2, 0.25) is 11.7 Å². The number of halogens is 2. The molecule has 44 heavy (non-hydrogen) atoms. The van der Waals surface area contributed by atoms with Crippen LogP contribution >= 0.6 is 24.0 Å². The van der Waals surface area contributed by atoms with Crippen molar-refractivity contribution in [2.24, 2.45) is 5.73 Å². The minimum absolute atomic E-state index is 0. The molecule has 8 nitrogen and oxygen atoms in total. The van der Waals surface area contributed by atoms with Gasteiger partial charge in [-0.3, -0.25) is 9.59 Å². The summed E-state index contributed by atoms with van der Waals surface area (Å²) in [6.07, 6.45) is 3.03. The standard InChI is InChI=1S/C34H40ClN3O5.ClH/c1-41-28-20-24(21-29(42-2)30(28)43-3)31(39)38-19-13-33(23-38,26-10-7-11-27(35)22-26)12-16-37-17-14-34(15-18-37,32(36)40)25-8-5-4-6-9-25;/h4-11,20-22H,12-19,23H2,1-3H3,(H2,36,40);1H. The predicted molar refractivity (Wildman–Crippen MR) is 175 cm³/mol. The number of hydrogen-bond acceptors (Lipinski definition) is 6. The molecular weight excluding hydrogens is 601 g/mol. The van der Waals surface area contributed by atoms with Gasteiger partial charge >= 0.3 is 0 Å². The van der Waals surface area contributed by atoms with Crippen molar-refractivity contribution in [3.05, 3.63) is 88.4 Å². The van der Waals surface area contributed by atoms with E-state index in [9.17, 15) is 9.59 Å². The molecule has 2 aliphatic heterocycles. The molecule has 2 saturated heterocycles. The highest BCUT2D eigenvalue weighted by Gasteiger charge is 2.44. The van der Waals surface area contributed by atoms with Crippen LogP contribution in [0.1, 0.15) is 47.2 Å². The zero-order chi connectivity index (χ0) is 30.6. The maximum absolute atomic E-state index is 13.8. The number of amides is 2. The average molecular weight is 643 g/mol. The molecule has 2 amide bonds. The van der Waals surface area contributed by atoms with Crippen LogP contribution in [-0.4, -0.2) is 75.7 Å². The SMILES string of the molecule is COc1cc(C(=O)N2CCC(CCN3CCC(C(N)=O)(c4ccccc4)CC3)(c3cccc(Cl)c3)C2)cc(OC)c1OC.Cl. The quantitative estimate of drug-likeness (QED) is 0.315. The lowest BCUT2D eigenvalue weighted by Gasteiger charge is -2.41. The molecule has 0 aliphatic carbocycles. The molecule has 3 aromatic rings. The van der Waals surface area contributed by atoms with Crippen molar-refractivity contribution in [2.45, 2.75) is 36.5 Å². The van der Waals surface area contributed by atoms with E-state index in [1.807, 2.05) is 53.4 Å². The van der Waals surface area contributed by atoms with Crippen LogP contribution in [0.15, 0.2) is 66.7 Å². The number of carbonyl (C=O) groups excluding carboxylic acids is 2. The molecule has 1 unspecified atom stereocenters. The Hall–Kier alpha value is -3.46. The topological polar surface area (TPSA) is 94.3 Å². The van der Waals surface area contributed by atoms with Gasteiger partial charge in [-0.25, -0.2) is 0 Å². The second-order valence-electron chi connectivity index (χ2n) is 11.6. The monoisotopic (exact) mass is 641 g/mol. The first-order valence-electron chi connectivity index (χ1n) is 14.7. The molecule has 2 heterocycles. The first-order valence-corrected chi connectivity index (χ1v) is 15.1. The molecule has 0 saturated carbocycles. The number of ether oxygens (including phenoxy) is 3. The normalized spacial score (nSPS) is 19.6. The number of methoxy groups -OCH3 is 3. The lowest BCUT2D eigenvalue weighted by molar-refractivity contribution is -0.125. The van der Waals surface area contributed by atoms with Gasteiger partial charge < -0.3 is 29.7 Å². The van der Waals surface area contributed by atoms with Crippen LogP contribution in [0.5, 0.6) is 17.2 Å². The van der Waals surface area contributed by atoms with E-state index in [1.54, 1.807) is 33.5 Å². The Labute approximate surface area is 270 Å². The number of nitrogens with zero attached hydrogens (tertiary/aromatic N) is 2. The molecule has 1 atom stereocenters. The fourth-order valence-corrected chi connectivity index (χ4v) is 6.99. The summed E-state index contributed by atoms with van der Waals surface area (Å²) < 4.78 is 16.4. The number of piperidine rings is 1. The number of rotatable bonds is 10. The third-order valence-electron chi connectivity index (χ3n) is 9.40. The van der Waals surface area contributed by atoms with Crippen molar-refractivity contribution < 1.29 is 23.8 Å². The largest absolute Gasteiger partial charge is 0.493 e. The summed E-state index contributed by atoms with van der Waals surface area (Å²) in [6, 6.07) is 21.3. The molecule has 236 valence electrons. The van der Waals surface area contributed by atoms with Crippen molar-refractivity contribution in [1.29, 1.82) is 0 Å². The number of likely N-dealkylation sites (tertiary alicyclic amines) is 2. The molecule has 3 aromatic carbocycles. The minimum atomic E-state index is -0.639. The van der Waals surface area contributed by atoms with E-state index in [0.717, 1.165) is 43.6 Å². The number of primary amides is 1. The molecule has 2 N–H and O–H groups in total. The second kappa shape index (κ2) is 14.1. The number of hydrogen-bond donors (Lipinski definition) is 1. The van der Waals surface area contributed by atoms with Gasteiger partial charge in [-0.2, -0.15) is 0 Å². The van der Waals surface area contributed by atoms with Crippen LogP contribution < -0.4 is 19.9 Å². The molecule has 0 aromatic heterocycles. The van der Waals surface area contributed by atoms with E-state index >= 15 is 0 Å². The average Bonchev–Trinajstić information content (AvgIpc) is 3.49. The maximum atomic E-state index is 13.8. The Bertz CT molecular complexity index is 1440. The van der Waals surface area contributed by atoms with E-state index in [0.29, 0.717) is 53.8 Å². The summed E-state index contributed by atoms with van der Waals surface area (Å²) in [5.41, 5.74) is 7.68. The van der Waals surface area contributed by atoms with Crippen molar-refractivity contribution in [2.75, 3.05) is 54.1 Å². The summed E-state index contributed by atoms with van der Waals surface area (Å²) in [4.78, 5) is 30.8. The van der Waals surface area contributed by atoms with Gasteiger partial charge in [0.1, 0.15) is 0 Å². The minimum Gasteiger partial charge on any atom is -0.493 e. The van der Waals surface area contributed by atoms with E-state index in [1.165, 1.54) is 0 Å². The lowest BCUT2D eigenvalue weighted by Crippen LogP contribution is -2.50. The number of carbonyl (C=O) groups is 2. The Morgan fingerprint density at radius 2 is 1.48 bits per heavy atom. The first kappa shape index (κ1) is 33.4. The molecule has 10 heteroatoms. The highest BCUT2D eigenvalue weighted by Crippen LogP contribution is 2.43. The maximum Gasteiger partial charge on any atom is 0.254 e. The number of benzene rings is 3. The van der Waals surface area contributed by atoms with Crippen LogP contribution in [0, 0.1) is 0 Å². The van der Waals surface area contributed by atoms with Crippen molar-refractivity contribution in [3.63, 3.8) is 0 Å². The lowest BCUT2D eigenvalue weighted by atomic mass is 9.71. The Morgan fingerprint density at radius 1 is 0.841 bits per heavy atom. The van der Waals surface area contributed by atoms with Gasteiger partial charge in [0, 0.05) is 29.1 Å². The van der Waals surface area contributed by atoms with E-state index in [-0.39, 0.29) is 29.6 Å². The van der Waals surface area contributed by atoms with Crippen molar-refractivity contribution in [3.8, 4) is 17.2 Å². The van der Waals surface area contributed by atoms with E-state index in [4.69, 9.17) is 31.5 Å². The van der Waals surface area contributed by atoms with E-state index < -0.39 is 5.41 Å². The Balaban J connectivity index is 0.00000442. The smallest absolute Gasteiger partial charge is 0.254 e. The molecule has 5 rings (SSSR count). The van der Waals surface area contributed by atoms with Crippen LogP contribution in [0.3, 0.4) is 0 Å². The summed E-state index contributed by atoms with van der Waals surface area (Å²) in [7, 11) is 4.62. The second-order valence-corrected chi connectivity index (χ2v) is 12.0. The molecule has 2 aliphatic rings. The van der Waals surface area contributed by atoms with Crippen LogP contribution in [-0.2, 0) is 15.6 Å².